The lowest BCUT2D eigenvalue weighted by Gasteiger charge is -2.09. The maximum Gasteiger partial charge on any atom is 0.230 e. The fourth-order valence-electron chi connectivity index (χ4n) is 2.78. The molecule has 150 valence electrons. The summed E-state index contributed by atoms with van der Waals surface area (Å²) in [6.07, 6.45) is 2.45. The summed E-state index contributed by atoms with van der Waals surface area (Å²) in [6.45, 7) is 6.37. The fourth-order valence-corrected chi connectivity index (χ4v) is 3.57. The lowest BCUT2D eigenvalue weighted by Crippen LogP contribution is -2.24. The van der Waals surface area contributed by atoms with Crippen LogP contribution in [0.15, 0.2) is 66.3 Å². The van der Waals surface area contributed by atoms with Crippen molar-refractivity contribution in [2.75, 3.05) is 5.75 Å². The minimum Gasteiger partial charge on any atom is -0.351 e. The van der Waals surface area contributed by atoms with Gasteiger partial charge in [0.1, 0.15) is 11.6 Å². The average molecular weight is 411 g/mol. The van der Waals surface area contributed by atoms with Gasteiger partial charge in [-0.2, -0.15) is 0 Å². The molecule has 0 unspecified atom stereocenters. The molecule has 1 amide bonds. The van der Waals surface area contributed by atoms with Gasteiger partial charge in [0.2, 0.25) is 5.91 Å². The van der Waals surface area contributed by atoms with Crippen molar-refractivity contribution in [2.24, 2.45) is 0 Å². The van der Waals surface area contributed by atoms with Crippen LogP contribution in [0.4, 0.5) is 4.39 Å². The maximum absolute atomic E-state index is 13.6. The molecule has 0 fully saturated rings. The Morgan fingerprint density at radius 2 is 2.00 bits per heavy atom. The van der Waals surface area contributed by atoms with E-state index in [1.54, 1.807) is 19.1 Å². The minimum atomic E-state index is -0.269. The van der Waals surface area contributed by atoms with Crippen molar-refractivity contribution in [3.05, 3.63) is 89.5 Å². The Hall–Kier alpha value is -2.93. The highest BCUT2D eigenvalue weighted by atomic mass is 32.2. The lowest BCUT2D eigenvalue weighted by atomic mass is 10.1. The summed E-state index contributed by atoms with van der Waals surface area (Å²) in [4.78, 5) is 12.2. The molecule has 1 N–H and O–H groups in total. The first-order chi connectivity index (χ1) is 14.1. The predicted molar refractivity (Wildman–Crippen MR) is 113 cm³/mol. The molecule has 1 aromatic heterocycles. The molecule has 29 heavy (non-hydrogen) atoms. The van der Waals surface area contributed by atoms with Gasteiger partial charge in [0, 0.05) is 19.5 Å². The number of amides is 1. The van der Waals surface area contributed by atoms with Crippen molar-refractivity contribution in [1.82, 2.24) is 20.1 Å². The van der Waals surface area contributed by atoms with Crippen LogP contribution >= 0.6 is 11.8 Å². The van der Waals surface area contributed by atoms with Crippen LogP contribution < -0.4 is 5.32 Å². The van der Waals surface area contributed by atoms with Crippen molar-refractivity contribution in [1.29, 1.82) is 0 Å². The molecular weight excluding hydrogens is 387 g/mol. The molecule has 5 nitrogen and oxygen atoms in total. The van der Waals surface area contributed by atoms with Gasteiger partial charge in [-0.15, -0.1) is 16.8 Å². The molecule has 0 bridgehead atoms. The second-order valence-corrected chi connectivity index (χ2v) is 7.55. The van der Waals surface area contributed by atoms with Crippen molar-refractivity contribution in [3.63, 3.8) is 0 Å². The number of nitrogens with one attached hydrogen (secondary N) is 1. The highest BCUT2D eigenvalue weighted by molar-refractivity contribution is 7.99. The summed E-state index contributed by atoms with van der Waals surface area (Å²) < 4.78 is 15.6. The number of benzene rings is 2. The number of carbonyl (C=O) groups is 1. The maximum atomic E-state index is 13.6. The summed E-state index contributed by atoms with van der Waals surface area (Å²) >= 11 is 1.32. The third kappa shape index (κ3) is 5.77. The fraction of sp³-hybridized carbons (Fsp3) is 0.227. The SMILES string of the molecule is C=CCn1c(Cc2ccccc2)nnc1SCC(=O)NCc1ccc(C)c(F)c1. The van der Waals surface area contributed by atoms with Crippen LogP contribution in [-0.4, -0.2) is 26.4 Å². The molecule has 2 aromatic carbocycles. The summed E-state index contributed by atoms with van der Waals surface area (Å²) in [5, 5.41) is 12.0. The van der Waals surface area contributed by atoms with Gasteiger partial charge in [-0.1, -0.05) is 60.3 Å². The summed E-state index contributed by atoms with van der Waals surface area (Å²) in [7, 11) is 0. The minimum absolute atomic E-state index is 0.145. The quantitative estimate of drug-likeness (QED) is 0.429. The van der Waals surface area contributed by atoms with E-state index >= 15 is 0 Å². The Labute approximate surface area is 174 Å². The molecule has 7 heteroatoms. The van der Waals surface area contributed by atoms with Gasteiger partial charge in [-0.05, 0) is 29.7 Å². The first kappa shape index (κ1) is 20.8. The van der Waals surface area contributed by atoms with Crippen molar-refractivity contribution in [2.45, 2.75) is 31.6 Å². The summed E-state index contributed by atoms with van der Waals surface area (Å²) in [5.74, 6) is 0.618. The van der Waals surface area contributed by atoms with Crippen LogP contribution in [0.3, 0.4) is 0 Å². The Bertz CT molecular complexity index is 988. The van der Waals surface area contributed by atoms with Crippen LogP contribution in [0.25, 0.3) is 0 Å². The number of thioether (sulfide) groups is 1. The van der Waals surface area contributed by atoms with E-state index < -0.39 is 0 Å². The second kappa shape index (κ2) is 10.0. The predicted octanol–water partition coefficient (Wildman–Crippen LogP) is 3.91. The standard InChI is InChI=1S/C22H23FN4OS/c1-3-11-27-20(13-17-7-5-4-6-8-17)25-26-22(27)29-15-21(28)24-14-18-10-9-16(2)19(23)12-18/h3-10,12H,1,11,13-15H2,2H3,(H,24,28). The number of hydrogen-bond acceptors (Lipinski definition) is 4. The molecule has 3 rings (SSSR count). The van der Waals surface area contributed by atoms with Crippen molar-refractivity contribution in [3.8, 4) is 0 Å². The molecule has 0 aliphatic carbocycles. The molecule has 1 heterocycles. The van der Waals surface area contributed by atoms with Gasteiger partial charge in [0.25, 0.3) is 0 Å². The molecular formula is C22H23FN4OS. The molecule has 3 aromatic rings. The second-order valence-electron chi connectivity index (χ2n) is 6.61. The molecule has 0 aliphatic rings. The Balaban J connectivity index is 1.58. The summed E-state index contributed by atoms with van der Waals surface area (Å²) in [5.41, 5.74) is 2.46. The van der Waals surface area contributed by atoms with Crippen LogP contribution in [-0.2, 0) is 24.3 Å². The zero-order chi connectivity index (χ0) is 20.6. The zero-order valence-corrected chi connectivity index (χ0v) is 17.1. The van der Waals surface area contributed by atoms with Crippen LogP contribution in [0, 0.1) is 12.7 Å². The van der Waals surface area contributed by atoms with Gasteiger partial charge in [-0.25, -0.2) is 4.39 Å². The van der Waals surface area contributed by atoms with Crippen molar-refractivity contribution >= 4 is 17.7 Å². The Morgan fingerprint density at radius 3 is 2.72 bits per heavy atom. The number of allylic oxidation sites excluding steroid dienone is 1. The number of carbonyl (C=O) groups excluding carboxylic acids is 1. The Morgan fingerprint density at radius 1 is 1.21 bits per heavy atom. The van der Waals surface area contributed by atoms with Crippen LogP contribution in [0.5, 0.6) is 0 Å². The molecule has 0 atom stereocenters. The molecule has 0 saturated carbocycles. The normalized spacial score (nSPS) is 10.7. The van der Waals surface area contributed by atoms with Gasteiger partial charge in [0.05, 0.1) is 5.75 Å². The average Bonchev–Trinajstić information content (AvgIpc) is 3.10. The molecule has 0 spiro atoms. The number of hydrogen-bond donors (Lipinski definition) is 1. The van der Waals surface area contributed by atoms with E-state index in [-0.39, 0.29) is 24.0 Å². The van der Waals surface area contributed by atoms with Crippen molar-refractivity contribution < 1.29 is 9.18 Å². The topological polar surface area (TPSA) is 59.8 Å². The van der Waals surface area contributed by atoms with Gasteiger partial charge < -0.3 is 9.88 Å². The zero-order valence-electron chi connectivity index (χ0n) is 16.3. The monoisotopic (exact) mass is 410 g/mol. The van der Waals surface area contributed by atoms with Gasteiger partial charge >= 0.3 is 0 Å². The van der Waals surface area contributed by atoms with E-state index in [4.69, 9.17) is 0 Å². The molecule has 0 saturated heterocycles. The van der Waals surface area contributed by atoms with E-state index in [1.807, 2.05) is 41.0 Å². The number of aryl methyl sites for hydroxylation is 1. The van der Waals surface area contributed by atoms with Crippen LogP contribution in [0.2, 0.25) is 0 Å². The van der Waals surface area contributed by atoms with Crippen LogP contribution in [0.1, 0.15) is 22.5 Å². The largest absolute Gasteiger partial charge is 0.351 e. The number of rotatable bonds is 9. The van der Waals surface area contributed by atoms with E-state index in [0.717, 1.165) is 17.0 Å². The highest BCUT2D eigenvalue weighted by Crippen LogP contribution is 2.19. The van der Waals surface area contributed by atoms with Gasteiger partial charge in [0.15, 0.2) is 5.16 Å². The molecule has 0 radical (unpaired) electrons. The number of aromatic nitrogens is 3. The lowest BCUT2D eigenvalue weighted by molar-refractivity contribution is -0.118. The first-order valence-corrected chi connectivity index (χ1v) is 10.3. The number of nitrogens with zero attached hydrogens (tertiary/aromatic N) is 3. The van der Waals surface area contributed by atoms with E-state index in [1.165, 1.54) is 17.8 Å². The smallest absolute Gasteiger partial charge is 0.230 e. The third-order valence-corrected chi connectivity index (χ3v) is 5.34. The van der Waals surface area contributed by atoms with E-state index in [9.17, 15) is 9.18 Å². The van der Waals surface area contributed by atoms with E-state index in [0.29, 0.717) is 23.7 Å². The number of halogens is 1. The Kier molecular flexibility index (Phi) is 7.19. The van der Waals surface area contributed by atoms with Gasteiger partial charge in [-0.3, -0.25) is 4.79 Å². The third-order valence-electron chi connectivity index (χ3n) is 4.37. The molecule has 0 aliphatic heterocycles. The van der Waals surface area contributed by atoms with E-state index in [2.05, 4.69) is 22.1 Å². The first-order valence-electron chi connectivity index (χ1n) is 9.28. The summed E-state index contributed by atoms with van der Waals surface area (Å²) in [6, 6.07) is 15.0. The highest BCUT2D eigenvalue weighted by Gasteiger charge is 2.14.